The zero-order chi connectivity index (χ0) is 12.1. The molecule has 2 rings (SSSR count). The first kappa shape index (κ1) is 11.3. The lowest BCUT2D eigenvalue weighted by molar-refractivity contribution is 0.218. The summed E-state index contributed by atoms with van der Waals surface area (Å²) in [6.45, 7) is -0.148. The number of rotatable bonds is 3. The second-order valence-electron chi connectivity index (χ2n) is 3.57. The number of aromatic nitrogens is 2. The van der Waals surface area contributed by atoms with Crippen molar-refractivity contribution >= 4 is 6.03 Å². The fraction of sp³-hybridized carbons (Fsp3) is 0.167. The summed E-state index contributed by atoms with van der Waals surface area (Å²) in [7, 11) is 0. The SMILES string of the molecule is O=C(N[C@@H](CO)c1ccccc1)n1ccnc1. The molecule has 0 saturated heterocycles. The number of nitrogens with zero attached hydrogens (tertiary/aromatic N) is 2. The van der Waals surface area contributed by atoms with E-state index < -0.39 is 6.04 Å². The molecular formula is C12H13N3O2. The van der Waals surface area contributed by atoms with Gasteiger partial charge in [0.05, 0.1) is 12.6 Å². The van der Waals surface area contributed by atoms with Crippen molar-refractivity contribution in [2.45, 2.75) is 6.04 Å². The maximum Gasteiger partial charge on any atom is 0.327 e. The number of aliphatic hydroxyl groups is 1. The molecule has 0 radical (unpaired) electrons. The van der Waals surface area contributed by atoms with E-state index in [-0.39, 0.29) is 12.6 Å². The molecule has 17 heavy (non-hydrogen) atoms. The molecule has 88 valence electrons. The fourth-order valence-electron chi connectivity index (χ4n) is 1.52. The number of hydrogen-bond donors (Lipinski definition) is 2. The average Bonchev–Trinajstić information content (AvgIpc) is 2.90. The van der Waals surface area contributed by atoms with Crippen molar-refractivity contribution in [2.24, 2.45) is 0 Å². The van der Waals surface area contributed by atoms with E-state index in [0.29, 0.717) is 0 Å². The summed E-state index contributed by atoms with van der Waals surface area (Å²) in [6, 6.07) is 8.60. The molecule has 1 atom stereocenters. The molecule has 0 unspecified atom stereocenters. The van der Waals surface area contributed by atoms with Crippen LogP contribution in [0, 0.1) is 0 Å². The molecule has 1 aromatic carbocycles. The largest absolute Gasteiger partial charge is 0.394 e. The van der Waals surface area contributed by atoms with Gasteiger partial charge in [0.1, 0.15) is 6.33 Å². The summed E-state index contributed by atoms with van der Waals surface area (Å²) in [5.74, 6) is 0. The number of carbonyl (C=O) groups excluding carboxylic acids is 1. The van der Waals surface area contributed by atoms with Gasteiger partial charge < -0.3 is 10.4 Å². The lowest BCUT2D eigenvalue weighted by Crippen LogP contribution is -2.33. The van der Waals surface area contributed by atoms with Gasteiger partial charge in [0.25, 0.3) is 0 Å². The van der Waals surface area contributed by atoms with Gasteiger partial charge >= 0.3 is 6.03 Å². The van der Waals surface area contributed by atoms with Gasteiger partial charge in [-0.15, -0.1) is 0 Å². The van der Waals surface area contributed by atoms with Gasteiger partial charge in [-0.2, -0.15) is 0 Å². The Labute approximate surface area is 98.7 Å². The Kier molecular flexibility index (Phi) is 3.52. The van der Waals surface area contributed by atoms with Gasteiger partial charge in [0.2, 0.25) is 0 Å². The van der Waals surface area contributed by atoms with Crippen LogP contribution in [0.4, 0.5) is 4.79 Å². The Balaban J connectivity index is 2.09. The first-order valence-corrected chi connectivity index (χ1v) is 5.26. The van der Waals surface area contributed by atoms with Gasteiger partial charge in [-0.3, -0.25) is 4.57 Å². The number of carbonyl (C=O) groups is 1. The molecule has 0 aliphatic heterocycles. The molecule has 0 bridgehead atoms. The predicted molar refractivity (Wildman–Crippen MR) is 62.4 cm³/mol. The molecule has 0 fully saturated rings. The highest BCUT2D eigenvalue weighted by atomic mass is 16.3. The van der Waals surface area contributed by atoms with Crippen molar-refractivity contribution in [1.29, 1.82) is 0 Å². The number of nitrogens with one attached hydrogen (secondary N) is 1. The molecule has 1 heterocycles. The first-order chi connectivity index (χ1) is 8.31. The second-order valence-corrected chi connectivity index (χ2v) is 3.57. The summed E-state index contributed by atoms with van der Waals surface area (Å²) in [5.41, 5.74) is 0.864. The third-order valence-corrected chi connectivity index (χ3v) is 2.42. The van der Waals surface area contributed by atoms with Gasteiger partial charge in [-0.1, -0.05) is 30.3 Å². The second kappa shape index (κ2) is 5.27. The molecule has 0 aliphatic carbocycles. The van der Waals surface area contributed by atoms with Crippen molar-refractivity contribution < 1.29 is 9.90 Å². The first-order valence-electron chi connectivity index (χ1n) is 5.26. The zero-order valence-electron chi connectivity index (χ0n) is 9.15. The van der Waals surface area contributed by atoms with E-state index in [1.54, 1.807) is 6.20 Å². The Morgan fingerprint density at radius 2 is 2.18 bits per heavy atom. The van der Waals surface area contributed by atoms with Gasteiger partial charge in [-0.05, 0) is 5.56 Å². The molecule has 1 amide bonds. The zero-order valence-corrected chi connectivity index (χ0v) is 9.15. The topological polar surface area (TPSA) is 67.2 Å². The summed E-state index contributed by atoms with van der Waals surface area (Å²) < 4.78 is 1.32. The fourth-order valence-corrected chi connectivity index (χ4v) is 1.52. The highest BCUT2D eigenvalue weighted by Crippen LogP contribution is 2.11. The van der Waals surface area contributed by atoms with Crippen LogP contribution in [-0.2, 0) is 0 Å². The molecule has 0 aliphatic rings. The molecule has 2 N–H and O–H groups in total. The Morgan fingerprint density at radius 1 is 1.41 bits per heavy atom. The van der Waals surface area contributed by atoms with Crippen LogP contribution >= 0.6 is 0 Å². The summed E-state index contributed by atoms with van der Waals surface area (Å²) in [6.07, 6.45) is 4.49. The number of benzene rings is 1. The molecule has 1 aromatic heterocycles. The molecular weight excluding hydrogens is 218 g/mol. The van der Waals surface area contributed by atoms with E-state index in [2.05, 4.69) is 10.3 Å². The third-order valence-electron chi connectivity index (χ3n) is 2.42. The minimum atomic E-state index is -0.411. The molecule has 2 aromatic rings. The summed E-state index contributed by atoms with van der Waals surface area (Å²) in [4.78, 5) is 15.5. The van der Waals surface area contributed by atoms with E-state index in [1.165, 1.54) is 17.1 Å². The van der Waals surface area contributed by atoms with Crippen LogP contribution in [0.2, 0.25) is 0 Å². The number of hydrogen-bond acceptors (Lipinski definition) is 3. The van der Waals surface area contributed by atoms with Crippen molar-refractivity contribution in [3.63, 3.8) is 0 Å². The van der Waals surface area contributed by atoms with Crippen LogP contribution in [0.5, 0.6) is 0 Å². The van der Waals surface area contributed by atoms with Crippen LogP contribution in [-0.4, -0.2) is 27.3 Å². The Morgan fingerprint density at radius 3 is 2.76 bits per heavy atom. The van der Waals surface area contributed by atoms with E-state index in [1.807, 2.05) is 30.3 Å². The van der Waals surface area contributed by atoms with E-state index in [0.717, 1.165) is 5.56 Å². The van der Waals surface area contributed by atoms with Crippen molar-refractivity contribution in [1.82, 2.24) is 14.9 Å². The normalized spacial score (nSPS) is 12.1. The summed E-state index contributed by atoms with van der Waals surface area (Å²) in [5, 5.41) is 12.0. The minimum absolute atomic E-state index is 0.148. The lowest BCUT2D eigenvalue weighted by Gasteiger charge is -2.16. The number of amides is 1. The van der Waals surface area contributed by atoms with Crippen LogP contribution in [0.25, 0.3) is 0 Å². The van der Waals surface area contributed by atoms with Crippen LogP contribution in [0.15, 0.2) is 49.1 Å². The highest BCUT2D eigenvalue weighted by Gasteiger charge is 2.13. The molecule has 5 heteroatoms. The van der Waals surface area contributed by atoms with E-state index in [9.17, 15) is 9.90 Å². The van der Waals surface area contributed by atoms with Crippen LogP contribution in [0.3, 0.4) is 0 Å². The van der Waals surface area contributed by atoms with E-state index in [4.69, 9.17) is 0 Å². The van der Waals surface area contributed by atoms with Gasteiger partial charge in [0.15, 0.2) is 0 Å². The lowest BCUT2D eigenvalue weighted by atomic mass is 10.1. The quantitative estimate of drug-likeness (QED) is 0.833. The monoisotopic (exact) mass is 231 g/mol. The predicted octanol–water partition coefficient (Wildman–Crippen LogP) is 1.17. The Bertz CT molecular complexity index is 468. The van der Waals surface area contributed by atoms with Crippen molar-refractivity contribution in [3.8, 4) is 0 Å². The maximum absolute atomic E-state index is 11.7. The minimum Gasteiger partial charge on any atom is -0.394 e. The third kappa shape index (κ3) is 2.70. The maximum atomic E-state index is 11.7. The number of aliphatic hydroxyl groups excluding tert-OH is 1. The Hall–Kier alpha value is -2.14. The van der Waals surface area contributed by atoms with Gasteiger partial charge in [-0.25, -0.2) is 9.78 Å². The average molecular weight is 231 g/mol. The number of imidazole rings is 1. The van der Waals surface area contributed by atoms with Crippen LogP contribution < -0.4 is 5.32 Å². The van der Waals surface area contributed by atoms with Crippen LogP contribution in [0.1, 0.15) is 11.6 Å². The smallest absolute Gasteiger partial charge is 0.327 e. The summed E-state index contributed by atoms with van der Waals surface area (Å²) >= 11 is 0. The molecule has 5 nitrogen and oxygen atoms in total. The highest BCUT2D eigenvalue weighted by molar-refractivity contribution is 5.76. The standard InChI is InChI=1S/C12H13N3O2/c16-8-11(10-4-2-1-3-5-10)14-12(17)15-7-6-13-9-15/h1-7,9,11,16H,8H2,(H,14,17)/t11-/m0/s1. The van der Waals surface area contributed by atoms with Gasteiger partial charge in [0, 0.05) is 12.4 Å². The molecule has 0 saturated carbocycles. The van der Waals surface area contributed by atoms with Crippen molar-refractivity contribution in [2.75, 3.05) is 6.61 Å². The van der Waals surface area contributed by atoms with Crippen molar-refractivity contribution in [3.05, 3.63) is 54.6 Å². The molecule has 0 spiro atoms. The van der Waals surface area contributed by atoms with E-state index >= 15 is 0 Å².